The molecule has 1 atom stereocenters. The number of sulfonamides is 1. The molecule has 0 amide bonds. The molecule has 1 aromatic carbocycles. The molecule has 0 unspecified atom stereocenters. The highest BCUT2D eigenvalue weighted by molar-refractivity contribution is 7.88. The molecular weight excluding hydrogens is 410 g/mol. The highest BCUT2D eigenvalue weighted by atomic mass is 32.2. The topological polar surface area (TPSA) is 53.1 Å². The molecule has 1 spiro atoms. The molecule has 7 heteroatoms. The zero-order valence-electron chi connectivity index (χ0n) is 19.2. The Morgan fingerprint density at radius 2 is 1.71 bits per heavy atom. The molecule has 0 radical (unpaired) electrons. The van der Waals surface area contributed by atoms with Crippen LogP contribution in [0.3, 0.4) is 0 Å². The van der Waals surface area contributed by atoms with E-state index in [4.69, 9.17) is 4.74 Å². The Morgan fingerprint density at radius 3 is 2.35 bits per heavy atom. The number of benzene rings is 1. The van der Waals surface area contributed by atoms with E-state index in [9.17, 15) is 8.42 Å². The van der Waals surface area contributed by atoms with Gasteiger partial charge in [-0.25, -0.2) is 12.7 Å². The molecule has 0 aromatic heterocycles. The lowest BCUT2D eigenvalue weighted by Crippen LogP contribution is -2.57. The molecule has 0 aliphatic carbocycles. The van der Waals surface area contributed by atoms with Crippen molar-refractivity contribution < 1.29 is 13.2 Å². The summed E-state index contributed by atoms with van der Waals surface area (Å²) in [6, 6.07) is 10.1. The maximum absolute atomic E-state index is 12.9. The maximum atomic E-state index is 12.9. The van der Waals surface area contributed by atoms with E-state index in [0.29, 0.717) is 19.1 Å². The monoisotopic (exact) mass is 449 g/mol. The standard InChI is InChI=1S/C24H39N3O3S/c1-21(2)19-25-13-15-26(16-14-25)23-8-17-30-24(18-23)9-11-27(12-10-24)31(28,29)20-22-6-4-3-5-7-22/h3-7,21,23H,8-20H2,1-2H3/t23-/m1/s1. The fourth-order valence-electron chi connectivity index (χ4n) is 5.54. The van der Waals surface area contributed by atoms with Crippen molar-refractivity contribution in [3.63, 3.8) is 0 Å². The van der Waals surface area contributed by atoms with E-state index in [-0.39, 0.29) is 11.4 Å². The van der Waals surface area contributed by atoms with Gasteiger partial charge in [0, 0.05) is 58.5 Å². The van der Waals surface area contributed by atoms with Crippen LogP contribution in [0.2, 0.25) is 0 Å². The molecule has 3 saturated heterocycles. The Balaban J connectivity index is 1.30. The van der Waals surface area contributed by atoms with Gasteiger partial charge in [0.15, 0.2) is 0 Å². The molecule has 31 heavy (non-hydrogen) atoms. The predicted molar refractivity (Wildman–Crippen MR) is 124 cm³/mol. The van der Waals surface area contributed by atoms with Gasteiger partial charge in [-0.15, -0.1) is 0 Å². The minimum absolute atomic E-state index is 0.0883. The lowest BCUT2D eigenvalue weighted by Gasteiger charge is -2.49. The summed E-state index contributed by atoms with van der Waals surface area (Å²) in [5, 5.41) is 0. The van der Waals surface area contributed by atoms with Crippen molar-refractivity contribution in [2.24, 2.45) is 5.92 Å². The van der Waals surface area contributed by atoms with Crippen molar-refractivity contribution in [2.45, 2.75) is 56.9 Å². The van der Waals surface area contributed by atoms with E-state index in [2.05, 4.69) is 23.6 Å². The van der Waals surface area contributed by atoms with Crippen molar-refractivity contribution in [1.82, 2.24) is 14.1 Å². The smallest absolute Gasteiger partial charge is 0.218 e. The third-order valence-corrected chi connectivity index (χ3v) is 9.08. The number of hydrogen-bond acceptors (Lipinski definition) is 5. The van der Waals surface area contributed by atoms with Gasteiger partial charge in [0.05, 0.1) is 11.4 Å². The second kappa shape index (κ2) is 9.87. The molecule has 1 aromatic rings. The van der Waals surface area contributed by atoms with E-state index in [1.54, 1.807) is 4.31 Å². The Kier molecular flexibility index (Phi) is 7.38. The number of piperidine rings is 1. The van der Waals surface area contributed by atoms with Crippen molar-refractivity contribution in [3.8, 4) is 0 Å². The van der Waals surface area contributed by atoms with Gasteiger partial charge in [-0.2, -0.15) is 0 Å². The third-order valence-electron chi connectivity index (χ3n) is 7.23. The minimum Gasteiger partial charge on any atom is -0.375 e. The highest BCUT2D eigenvalue weighted by Gasteiger charge is 2.44. The fraction of sp³-hybridized carbons (Fsp3) is 0.750. The second-order valence-electron chi connectivity index (χ2n) is 10.0. The zero-order chi connectivity index (χ0) is 21.9. The highest BCUT2D eigenvalue weighted by Crippen LogP contribution is 2.37. The van der Waals surface area contributed by atoms with E-state index in [1.165, 1.54) is 6.54 Å². The van der Waals surface area contributed by atoms with Gasteiger partial charge in [0.2, 0.25) is 10.0 Å². The van der Waals surface area contributed by atoms with Crippen LogP contribution in [0.4, 0.5) is 0 Å². The van der Waals surface area contributed by atoms with Crippen LogP contribution in [0, 0.1) is 5.92 Å². The summed E-state index contributed by atoms with van der Waals surface area (Å²) in [7, 11) is -3.28. The molecule has 0 saturated carbocycles. The average Bonchev–Trinajstić information content (AvgIpc) is 2.75. The Bertz CT molecular complexity index is 799. The van der Waals surface area contributed by atoms with Gasteiger partial charge < -0.3 is 9.64 Å². The molecule has 4 rings (SSSR count). The fourth-order valence-corrected chi connectivity index (χ4v) is 7.07. The summed E-state index contributed by atoms with van der Waals surface area (Å²) >= 11 is 0. The van der Waals surface area contributed by atoms with Crippen LogP contribution in [-0.2, 0) is 20.5 Å². The van der Waals surface area contributed by atoms with Crippen LogP contribution >= 0.6 is 0 Å². The average molecular weight is 450 g/mol. The normalized spacial score (nSPS) is 26.5. The molecule has 3 heterocycles. The lowest BCUT2D eigenvalue weighted by molar-refractivity contribution is -0.130. The van der Waals surface area contributed by atoms with Crippen LogP contribution in [0.1, 0.15) is 45.1 Å². The van der Waals surface area contributed by atoms with Crippen LogP contribution in [-0.4, -0.2) is 86.6 Å². The summed E-state index contributed by atoms with van der Waals surface area (Å²) in [4.78, 5) is 5.26. The zero-order valence-corrected chi connectivity index (χ0v) is 20.0. The van der Waals surface area contributed by atoms with Gasteiger partial charge in [0.1, 0.15) is 0 Å². The van der Waals surface area contributed by atoms with Crippen LogP contribution < -0.4 is 0 Å². The first kappa shape index (κ1) is 23.2. The number of rotatable bonds is 6. The largest absolute Gasteiger partial charge is 0.375 e. The molecule has 0 bridgehead atoms. The van der Waals surface area contributed by atoms with Gasteiger partial charge in [0.25, 0.3) is 0 Å². The van der Waals surface area contributed by atoms with Gasteiger partial charge in [-0.05, 0) is 37.2 Å². The van der Waals surface area contributed by atoms with Crippen LogP contribution in [0.15, 0.2) is 30.3 Å². The Hall–Kier alpha value is -0.990. The Morgan fingerprint density at radius 1 is 1.03 bits per heavy atom. The molecular formula is C24H39N3O3S. The van der Waals surface area contributed by atoms with Crippen molar-refractivity contribution in [1.29, 1.82) is 0 Å². The molecule has 3 aliphatic heterocycles. The first-order valence-electron chi connectivity index (χ1n) is 12.0. The van der Waals surface area contributed by atoms with E-state index in [1.807, 2.05) is 30.3 Å². The summed E-state index contributed by atoms with van der Waals surface area (Å²) in [5.74, 6) is 0.812. The third kappa shape index (κ3) is 5.88. The minimum atomic E-state index is -3.28. The van der Waals surface area contributed by atoms with Crippen LogP contribution in [0.25, 0.3) is 0 Å². The van der Waals surface area contributed by atoms with Crippen molar-refractivity contribution in [3.05, 3.63) is 35.9 Å². The number of piperazine rings is 1. The number of ether oxygens (including phenoxy) is 1. The number of nitrogens with zero attached hydrogens (tertiary/aromatic N) is 3. The first-order chi connectivity index (χ1) is 14.9. The van der Waals surface area contributed by atoms with Gasteiger partial charge in [-0.1, -0.05) is 44.2 Å². The molecule has 3 fully saturated rings. The summed E-state index contributed by atoms with van der Waals surface area (Å²) < 4.78 is 33.8. The quantitative estimate of drug-likeness (QED) is 0.669. The van der Waals surface area contributed by atoms with Gasteiger partial charge in [-0.3, -0.25) is 4.90 Å². The molecule has 3 aliphatic rings. The molecule has 174 valence electrons. The van der Waals surface area contributed by atoms with E-state index in [0.717, 1.165) is 70.0 Å². The summed E-state index contributed by atoms with van der Waals surface area (Å²) in [6.45, 7) is 12.3. The first-order valence-corrected chi connectivity index (χ1v) is 13.6. The molecule has 0 N–H and O–H groups in total. The van der Waals surface area contributed by atoms with E-state index >= 15 is 0 Å². The van der Waals surface area contributed by atoms with Crippen molar-refractivity contribution in [2.75, 3.05) is 52.4 Å². The lowest BCUT2D eigenvalue weighted by atomic mass is 9.82. The van der Waals surface area contributed by atoms with Gasteiger partial charge >= 0.3 is 0 Å². The van der Waals surface area contributed by atoms with E-state index < -0.39 is 10.0 Å². The summed E-state index contributed by atoms with van der Waals surface area (Å²) in [6.07, 6.45) is 3.77. The Labute approximate surface area is 188 Å². The van der Waals surface area contributed by atoms with Crippen molar-refractivity contribution >= 4 is 10.0 Å². The summed E-state index contributed by atoms with van der Waals surface area (Å²) in [5.41, 5.74) is 0.713. The second-order valence-corrected chi connectivity index (χ2v) is 12.0. The van der Waals surface area contributed by atoms with Crippen LogP contribution in [0.5, 0.6) is 0 Å². The molecule has 6 nitrogen and oxygen atoms in total. The number of hydrogen-bond donors (Lipinski definition) is 0. The SMILES string of the molecule is CC(C)CN1CCN([C@@H]2CCOC3(CCN(S(=O)(=O)Cc4ccccc4)CC3)C2)CC1. The maximum Gasteiger partial charge on any atom is 0.218 e. The predicted octanol–water partition coefficient (Wildman–Crippen LogP) is 2.80.